The maximum atomic E-state index is 11.8. The topological polar surface area (TPSA) is 47.6 Å². The summed E-state index contributed by atoms with van der Waals surface area (Å²) in [5.74, 6) is 0. The molecule has 0 rings (SSSR count). The summed E-state index contributed by atoms with van der Waals surface area (Å²) < 4.78 is 11.5. The Balaban J connectivity index is 4.82. The third-order valence-electron chi connectivity index (χ3n) is 3.68. The van der Waals surface area contributed by atoms with Crippen molar-refractivity contribution in [3.63, 3.8) is 0 Å². The van der Waals surface area contributed by atoms with E-state index >= 15 is 0 Å². The number of carbonyl (C=O) groups is 1. The lowest BCUT2D eigenvalue weighted by molar-refractivity contribution is 0.0498. The van der Waals surface area contributed by atoms with Crippen LogP contribution in [0.2, 0.25) is 18.1 Å². The molecule has 0 aromatic heterocycles. The Labute approximate surface area is 141 Å². The summed E-state index contributed by atoms with van der Waals surface area (Å²) >= 11 is 6.29. The van der Waals surface area contributed by atoms with Crippen molar-refractivity contribution in [2.45, 2.75) is 76.8 Å². The Morgan fingerprint density at radius 2 is 1.77 bits per heavy atom. The highest BCUT2D eigenvalue weighted by Gasteiger charge is 2.40. The molecule has 4 nitrogen and oxygen atoms in total. The minimum atomic E-state index is -1.99. The number of alkyl carbamates (subject to hydrolysis) is 1. The molecule has 0 aromatic rings. The van der Waals surface area contributed by atoms with Crippen molar-refractivity contribution in [2.75, 3.05) is 6.54 Å². The first-order valence-corrected chi connectivity index (χ1v) is 11.0. The Hall–Kier alpha value is -0.523. The average Bonchev–Trinajstić information content (AvgIpc) is 2.29. The van der Waals surface area contributed by atoms with Gasteiger partial charge in [0.15, 0.2) is 8.32 Å². The summed E-state index contributed by atoms with van der Waals surface area (Å²) in [4.78, 5) is 11.8. The van der Waals surface area contributed by atoms with E-state index in [0.717, 1.165) is 0 Å². The predicted molar refractivity (Wildman–Crippen MR) is 96.1 cm³/mol. The molecule has 2 atom stereocenters. The van der Waals surface area contributed by atoms with Crippen molar-refractivity contribution >= 4 is 26.0 Å². The van der Waals surface area contributed by atoms with Crippen LogP contribution < -0.4 is 5.32 Å². The summed E-state index contributed by atoms with van der Waals surface area (Å²) in [7, 11) is -1.99. The summed E-state index contributed by atoms with van der Waals surface area (Å²) in [5, 5.41) is 2.43. The molecule has 0 unspecified atom stereocenters. The highest BCUT2D eigenvalue weighted by Crippen LogP contribution is 2.37. The standard InChI is InChI=1S/C16H32ClNO3Si/c1-10-12(17)13(21-22(8,9)16(5,6)7)11-18-14(19)20-15(2,3)4/h10,12-13H,1,11H2,2-9H3,(H,18,19)/t12-,13+/m1/s1. The van der Waals surface area contributed by atoms with E-state index in [0.29, 0.717) is 6.54 Å². The van der Waals surface area contributed by atoms with E-state index in [2.05, 4.69) is 45.8 Å². The summed E-state index contributed by atoms with van der Waals surface area (Å²) in [6, 6.07) is 0. The second-order valence-electron chi connectivity index (χ2n) is 7.98. The molecule has 0 bridgehead atoms. The number of alkyl halides is 1. The SMILES string of the molecule is C=C[C@@H](Cl)[C@H](CNC(=O)OC(C)(C)C)O[Si](C)(C)C(C)(C)C. The first-order chi connectivity index (χ1) is 9.69. The molecule has 1 N–H and O–H groups in total. The van der Waals surface area contributed by atoms with Gasteiger partial charge in [-0.2, -0.15) is 0 Å². The van der Waals surface area contributed by atoms with Crippen LogP contribution in [0.25, 0.3) is 0 Å². The quantitative estimate of drug-likeness (QED) is 0.429. The lowest BCUT2D eigenvalue weighted by atomic mass is 10.2. The van der Waals surface area contributed by atoms with Gasteiger partial charge in [-0.1, -0.05) is 26.8 Å². The highest BCUT2D eigenvalue weighted by molar-refractivity contribution is 6.74. The molecule has 0 aliphatic carbocycles. The summed E-state index contributed by atoms with van der Waals surface area (Å²) in [6.45, 7) is 20.3. The van der Waals surface area contributed by atoms with Gasteiger partial charge >= 0.3 is 6.09 Å². The second kappa shape index (κ2) is 7.84. The van der Waals surface area contributed by atoms with Crippen molar-refractivity contribution in [1.82, 2.24) is 5.32 Å². The fourth-order valence-corrected chi connectivity index (χ4v) is 2.99. The van der Waals surface area contributed by atoms with Crippen molar-refractivity contribution in [2.24, 2.45) is 0 Å². The molecule has 0 spiro atoms. The first-order valence-electron chi connectivity index (χ1n) is 7.61. The van der Waals surface area contributed by atoms with E-state index in [4.69, 9.17) is 20.8 Å². The Bertz CT molecular complexity index is 386. The molecule has 0 radical (unpaired) electrons. The monoisotopic (exact) mass is 349 g/mol. The smallest absolute Gasteiger partial charge is 0.407 e. The highest BCUT2D eigenvalue weighted by atomic mass is 35.5. The number of hydrogen-bond donors (Lipinski definition) is 1. The molecule has 22 heavy (non-hydrogen) atoms. The fourth-order valence-electron chi connectivity index (χ4n) is 1.42. The Morgan fingerprint density at radius 3 is 2.14 bits per heavy atom. The zero-order chi connectivity index (χ0) is 17.8. The molecule has 0 saturated carbocycles. The van der Waals surface area contributed by atoms with Gasteiger partial charge in [-0.3, -0.25) is 0 Å². The van der Waals surface area contributed by atoms with E-state index in [-0.39, 0.29) is 16.5 Å². The predicted octanol–water partition coefficient (Wildman–Crippen LogP) is 4.69. The molecule has 0 heterocycles. The largest absolute Gasteiger partial charge is 0.444 e. The van der Waals surface area contributed by atoms with Gasteiger partial charge in [0.25, 0.3) is 0 Å². The van der Waals surface area contributed by atoms with Gasteiger partial charge in [0, 0.05) is 6.54 Å². The molecule has 1 amide bonds. The van der Waals surface area contributed by atoms with Crippen LogP contribution in [0.4, 0.5) is 4.79 Å². The van der Waals surface area contributed by atoms with E-state index in [1.54, 1.807) is 6.08 Å². The lowest BCUT2D eigenvalue weighted by Crippen LogP contribution is -2.50. The van der Waals surface area contributed by atoms with Gasteiger partial charge in [0.05, 0.1) is 11.5 Å². The Kier molecular flexibility index (Phi) is 7.65. The number of ether oxygens (including phenoxy) is 1. The number of nitrogens with one attached hydrogen (secondary N) is 1. The molecule has 130 valence electrons. The molecular weight excluding hydrogens is 318 g/mol. The average molecular weight is 350 g/mol. The molecule has 0 aliphatic rings. The van der Waals surface area contributed by atoms with Crippen molar-refractivity contribution in [3.8, 4) is 0 Å². The van der Waals surface area contributed by atoms with E-state index in [1.807, 2.05) is 20.8 Å². The van der Waals surface area contributed by atoms with Crippen LogP contribution in [0.15, 0.2) is 12.7 Å². The molecule has 0 saturated heterocycles. The van der Waals surface area contributed by atoms with Gasteiger partial charge in [-0.05, 0) is 38.9 Å². The minimum Gasteiger partial charge on any atom is -0.444 e. The normalized spacial score (nSPS) is 15.9. The molecule has 6 heteroatoms. The molecule has 0 aliphatic heterocycles. The van der Waals surface area contributed by atoms with Gasteiger partial charge < -0.3 is 14.5 Å². The third-order valence-corrected chi connectivity index (χ3v) is 8.64. The van der Waals surface area contributed by atoms with Crippen LogP contribution in [0.5, 0.6) is 0 Å². The summed E-state index contributed by atoms with van der Waals surface area (Å²) in [6.07, 6.45) is 0.840. The van der Waals surface area contributed by atoms with Gasteiger partial charge in [0.2, 0.25) is 0 Å². The van der Waals surface area contributed by atoms with E-state index < -0.39 is 20.0 Å². The van der Waals surface area contributed by atoms with E-state index in [1.165, 1.54) is 0 Å². The number of hydrogen-bond acceptors (Lipinski definition) is 3. The summed E-state index contributed by atoms with van der Waals surface area (Å²) in [5.41, 5.74) is -0.529. The number of halogens is 1. The number of rotatable bonds is 6. The van der Waals surface area contributed by atoms with E-state index in [9.17, 15) is 4.79 Å². The van der Waals surface area contributed by atoms with Gasteiger partial charge in [-0.25, -0.2) is 4.79 Å². The lowest BCUT2D eigenvalue weighted by Gasteiger charge is -2.40. The minimum absolute atomic E-state index is 0.0644. The van der Waals surface area contributed by atoms with Crippen LogP contribution >= 0.6 is 11.6 Å². The number of carbonyl (C=O) groups excluding carboxylic acids is 1. The van der Waals surface area contributed by atoms with Crippen molar-refractivity contribution < 1.29 is 14.0 Å². The van der Waals surface area contributed by atoms with Crippen molar-refractivity contribution in [3.05, 3.63) is 12.7 Å². The number of amides is 1. The first kappa shape index (κ1) is 21.5. The molecular formula is C16H32ClNO3Si. The van der Waals surface area contributed by atoms with Crippen LogP contribution in [0, 0.1) is 0 Å². The third kappa shape index (κ3) is 7.65. The maximum Gasteiger partial charge on any atom is 0.407 e. The second-order valence-corrected chi connectivity index (χ2v) is 13.2. The van der Waals surface area contributed by atoms with Crippen LogP contribution in [-0.2, 0) is 9.16 Å². The zero-order valence-corrected chi connectivity index (χ0v) is 17.0. The Morgan fingerprint density at radius 1 is 1.27 bits per heavy atom. The zero-order valence-electron chi connectivity index (χ0n) is 15.2. The van der Waals surface area contributed by atoms with Crippen molar-refractivity contribution in [1.29, 1.82) is 0 Å². The van der Waals surface area contributed by atoms with Crippen LogP contribution in [0.3, 0.4) is 0 Å². The maximum absolute atomic E-state index is 11.8. The molecule has 0 fully saturated rings. The molecule has 0 aromatic carbocycles. The van der Waals surface area contributed by atoms with Gasteiger partial charge in [0.1, 0.15) is 5.60 Å². The van der Waals surface area contributed by atoms with Crippen LogP contribution in [-0.4, -0.2) is 38.0 Å². The van der Waals surface area contributed by atoms with Crippen LogP contribution in [0.1, 0.15) is 41.5 Å². The van der Waals surface area contributed by atoms with Gasteiger partial charge in [-0.15, -0.1) is 18.2 Å². The fraction of sp³-hybridized carbons (Fsp3) is 0.812.